The summed E-state index contributed by atoms with van der Waals surface area (Å²) in [5.74, 6) is -0.497. The summed E-state index contributed by atoms with van der Waals surface area (Å²) in [5.41, 5.74) is 0. The van der Waals surface area contributed by atoms with Gasteiger partial charge in [0.15, 0.2) is 0 Å². The first kappa shape index (κ1) is 8.59. The van der Waals surface area contributed by atoms with E-state index in [0.29, 0.717) is 6.42 Å². The van der Waals surface area contributed by atoms with Crippen LogP contribution in [0.4, 0.5) is 8.78 Å². The van der Waals surface area contributed by atoms with E-state index in [9.17, 15) is 8.78 Å². The molecule has 0 rings (SSSR count). The largest absolute Gasteiger partial charge is 0.299 e. The van der Waals surface area contributed by atoms with Crippen molar-refractivity contribution in [2.24, 2.45) is 5.92 Å². The predicted molar refractivity (Wildman–Crippen MR) is 38.4 cm³/mol. The zero-order valence-electron chi connectivity index (χ0n) is 4.92. The zero-order valence-corrected chi connectivity index (χ0v) is 7.08. The molecular weight excluding hydrogens is 225 g/mol. The van der Waals surface area contributed by atoms with Crippen molar-refractivity contribution < 1.29 is 8.78 Å². The Hall–Kier alpha value is 0.590. The van der Waals surface area contributed by atoms with Crippen LogP contribution in [0.15, 0.2) is 0 Å². The van der Waals surface area contributed by atoms with Gasteiger partial charge >= 0.3 is 0 Å². The van der Waals surface area contributed by atoms with Crippen LogP contribution >= 0.6 is 22.6 Å². The zero-order chi connectivity index (χ0) is 6.78. The van der Waals surface area contributed by atoms with Crippen molar-refractivity contribution in [1.29, 1.82) is 0 Å². The molecule has 8 heavy (non-hydrogen) atoms. The Balaban J connectivity index is 3.62. The topological polar surface area (TPSA) is 0 Å². The van der Waals surface area contributed by atoms with Crippen LogP contribution < -0.4 is 0 Å². The third-order valence-electron chi connectivity index (χ3n) is 1.17. The van der Waals surface area contributed by atoms with Gasteiger partial charge in [0.25, 0.3) is 3.93 Å². The molecule has 0 heterocycles. The lowest BCUT2D eigenvalue weighted by Crippen LogP contribution is -2.15. The Morgan fingerprint density at radius 3 is 2.00 bits per heavy atom. The normalized spacial score (nSPS) is 16.1. The van der Waals surface area contributed by atoms with Crippen LogP contribution in [0.1, 0.15) is 20.3 Å². The van der Waals surface area contributed by atoms with Gasteiger partial charge in [-0.3, -0.25) is 0 Å². The Kier molecular flexibility index (Phi) is 3.16. The van der Waals surface area contributed by atoms with Gasteiger partial charge in [-0.15, -0.1) is 0 Å². The van der Waals surface area contributed by atoms with E-state index in [4.69, 9.17) is 0 Å². The van der Waals surface area contributed by atoms with E-state index >= 15 is 0 Å². The molecule has 1 atom stereocenters. The first-order valence-electron chi connectivity index (χ1n) is 2.55. The molecule has 0 aromatic carbocycles. The maximum Gasteiger partial charge on any atom is 0.299 e. The highest BCUT2D eigenvalue weighted by Gasteiger charge is 2.30. The van der Waals surface area contributed by atoms with Crippen LogP contribution in [0.3, 0.4) is 0 Å². The fraction of sp³-hybridized carbons (Fsp3) is 1.00. The Morgan fingerprint density at radius 1 is 1.62 bits per heavy atom. The molecule has 0 amide bonds. The summed E-state index contributed by atoms with van der Waals surface area (Å²) in [6.07, 6.45) is 0.538. The van der Waals surface area contributed by atoms with Gasteiger partial charge in [-0.2, -0.15) is 8.78 Å². The Labute approximate surface area is 61.8 Å². The smallest absolute Gasteiger partial charge is 0.195 e. The van der Waals surface area contributed by atoms with Crippen LogP contribution in [0.25, 0.3) is 0 Å². The number of rotatable bonds is 2. The molecule has 1 unspecified atom stereocenters. The molecule has 0 N–H and O–H groups in total. The van der Waals surface area contributed by atoms with Gasteiger partial charge in [-0.1, -0.05) is 13.8 Å². The fourth-order valence-electron chi connectivity index (χ4n) is 0.231. The molecule has 3 heteroatoms. The summed E-state index contributed by atoms with van der Waals surface area (Å²) in [7, 11) is 0. The Morgan fingerprint density at radius 2 is 2.00 bits per heavy atom. The molecule has 50 valence electrons. The van der Waals surface area contributed by atoms with Crippen molar-refractivity contribution >= 4 is 22.6 Å². The predicted octanol–water partition coefficient (Wildman–Crippen LogP) is 3.06. The van der Waals surface area contributed by atoms with E-state index in [0.717, 1.165) is 0 Å². The lowest BCUT2D eigenvalue weighted by molar-refractivity contribution is 0.0645. The Bertz CT molecular complexity index is 67.3. The van der Waals surface area contributed by atoms with Gasteiger partial charge in [-0.05, 0) is 29.0 Å². The molecule has 0 bridgehead atoms. The van der Waals surface area contributed by atoms with E-state index in [1.807, 2.05) is 0 Å². The summed E-state index contributed by atoms with van der Waals surface area (Å²) in [4.78, 5) is 0. The summed E-state index contributed by atoms with van der Waals surface area (Å²) in [6, 6.07) is 0. The minimum atomic E-state index is -2.52. The molecular formula is C5H9F2I. The molecule has 0 radical (unpaired) electrons. The molecule has 0 spiro atoms. The second-order valence-corrected chi connectivity index (χ2v) is 3.29. The maximum atomic E-state index is 12.1. The lowest BCUT2D eigenvalue weighted by atomic mass is 10.1. The maximum absolute atomic E-state index is 12.1. The number of alkyl halides is 3. The minimum Gasteiger partial charge on any atom is -0.195 e. The molecule has 0 aliphatic rings. The van der Waals surface area contributed by atoms with Crippen LogP contribution in [-0.2, 0) is 0 Å². The van der Waals surface area contributed by atoms with Gasteiger partial charge < -0.3 is 0 Å². The number of hydrogen-bond donors (Lipinski definition) is 0. The van der Waals surface area contributed by atoms with E-state index in [1.165, 1.54) is 22.6 Å². The first-order valence-corrected chi connectivity index (χ1v) is 3.63. The molecule has 0 aromatic rings. The highest BCUT2D eigenvalue weighted by molar-refractivity contribution is 14.1. The standard InChI is InChI=1S/C5H9F2I/c1-3-4(2)5(6,7)8/h4H,3H2,1-2H3. The van der Waals surface area contributed by atoms with Crippen molar-refractivity contribution in [3.63, 3.8) is 0 Å². The third-order valence-corrected chi connectivity index (χ3v) is 2.23. The van der Waals surface area contributed by atoms with Gasteiger partial charge in [0, 0.05) is 5.92 Å². The summed E-state index contributed by atoms with van der Waals surface area (Å²) in [5, 5.41) is 0. The van der Waals surface area contributed by atoms with Crippen molar-refractivity contribution in [3.05, 3.63) is 0 Å². The van der Waals surface area contributed by atoms with Crippen LogP contribution in [0.2, 0.25) is 0 Å². The van der Waals surface area contributed by atoms with E-state index in [-0.39, 0.29) is 0 Å². The molecule has 0 nitrogen and oxygen atoms in total. The lowest BCUT2D eigenvalue weighted by Gasteiger charge is -2.14. The van der Waals surface area contributed by atoms with Crippen molar-refractivity contribution in [2.45, 2.75) is 24.2 Å². The molecule has 0 saturated heterocycles. The molecule has 0 fully saturated rings. The van der Waals surface area contributed by atoms with Crippen molar-refractivity contribution in [1.82, 2.24) is 0 Å². The van der Waals surface area contributed by atoms with Crippen molar-refractivity contribution in [3.8, 4) is 0 Å². The minimum absolute atomic E-state index is 0.497. The van der Waals surface area contributed by atoms with E-state index in [1.54, 1.807) is 13.8 Å². The SMILES string of the molecule is CCC(C)C(F)(F)I. The monoisotopic (exact) mass is 234 g/mol. The summed E-state index contributed by atoms with van der Waals surface area (Å²) in [6.45, 7) is 3.31. The van der Waals surface area contributed by atoms with Gasteiger partial charge in [-0.25, -0.2) is 0 Å². The van der Waals surface area contributed by atoms with Crippen molar-refractivity contribution in [2.75, 3.05) is 0 Å². The average Bonchev–Trinajstić information content (AvgIpc) is 1.62. The van der Waals surface area contributed by atoms with Gasteiger partial charge in [0.1, 0.15) is 0 Å². The van der Waals surface area contributed by atoms with Gasteiger partial charge in [0.05, 0.1) is 0 Å². The van der Waals surface area contributed by atoms with Crippen LogP contribution in [0.5, 0.6) is 0 Å². The fourth-order valence-corrected chi connectivity index (χ4v) is 0.672. The van der Waals surface area contributed by atoms with Gasteiger partial charge in [0.2, 0.25) is 0 Å². The van der Waals surface area contributed by atoms with Crippen LogP contribution in [-0.4, -0.2) is 3.93 Å². The summed E-state index contributed by atoms with van der Waals surface area (Å²) < 4.78 is 21.7. The average molecular weight is 234 g/mol. The number of halogens is 3. The second-order valence-electron chi connectivity index (χ2n) is 1.85. The quantitative estimate of drug-likeness (QED) is 0.508. The van der Waals surface area contributed by atoms with E-state index < -0.39 is 9.85 Å². The second kappa shape index (κ2) is 2.94. The molecule has 0 aromatic heterocycles. The summed E-state index contributed by atoms with van der Waals surface area (Å²) >= 11 is 1.17. The first-order chi connectivity index (χ1) is 3.48. The molecule has 0 aliphatic heterocycles. The molecule has 0 aliphatic carbocycles. The third kappa shape index (κ3) is 2.79. The van der Waals surface area contributed by atoms with E-state index in [2.05, 4.69) is 0 Å². The van der Waals surface area contributed by atoms with Crippen LogP contribution in [0, 0.1) is 5.92 Å². The molecule has 0 saturated carbocycles. The highest BCUT2D eigenvalue weighted by Crippen LogP contribution is 2.33. The highest BCUT2D eigenvalue weighted by atomic mass is 127. The number of hydrogen-bond acceptors (Lipinski definition) is 0.